The lowest BCUT2D eigenvalue weighted by Crippen LogP contribution is -1.98. The number of hydrogen-bond donors (Lipinski definition) is 0. The van der Waals surface area contributed by atoms with Gasteiger partial charge in [0.1, 0.15) is 5.84 Å². The average Bonchev–Trinajstić information content (AvgIpc) is 2.59. The number of hydrogen-bond acceptors (Lipinski definition) is 3. The molecule has 2 rings (SSSR count). The zero-order chi connectivity index (χ0) is 8.23. The second-order valence-electron chi connectivity index (χ2n) is 2.57. The maximum atomic E-state index is 4.19. The quantitative estimate of drug-likeness (QED) is 0.636. The molecule has 1 aromatic rings. The molecule has 12 heavy (non-hydrogen) atoms. The normalized spacial score (nSPS) is 14.8. The Hall–Kier alpha value is -1.51. The molecule has 3 nitrogen and oxygen atoms in total. The van der Waals surface area contributed by atoms with Crippen LogP contribution in [0.5, 0.6) is 0 Å². The van der Waals surface area contributed by atoms with E-state index < -0.39 is 0 Å². The summed E-state index contributed by atoms with van der Waals surface area (Å²) in [6, 6.07) is 5.86. The third-order valence-corrected chi connectivity index (χ3v) is 1.66. The summed E-state index contributed by atoms with van der Waals surface area (Å²) >= 11 is 0. The lowest BCUT2D eigenvalue weighted by Gasteiger charge is -1.95. The van der Waals surface area contributed by atoms with E-state index in [1.807, 2.05) is 24.4 Å². The van der Waals surface area contributed by atoms with E-state index in [1.165, 1.54) is 0 Å². The molecule has 1 aliphatic rings. The van der Waals surface area contributed by atoms with Crippen LogP contribution < -0.4 is 0 Å². The average molecular weight is 159 g/mol. The highest BCUT2D eigenvalue weighted by atomic mass is 15.0. The van der Waals surface area contributed by atoms with Crippen LogP contribution in [0.25, 0.3) is 0 Å². The zero-order valence-corrected chi connectivity index (χ0v) is 6.64. The third kappa shape index (κ3) is 1.56. The Morgan fingerprint density at radius 3 is 3.00 bits per heavy atom. The van der Waals surface area contributed by atoms with Crippen molar-refractivity contribution in [3.63, 3.8) is 0 Å². The Bertz CT molecular complexity index is 314. The molecule has 2 heterocycles. The van der Waals surface area contributed by atoms with E-state index >= 15 is 0 Å². The minimum atomic E-state index is 0.724. The first kappa shape index (κ1) is 7.16. The Morgan fingerprint density at radius 2 is 2.33 bits per heavy atom. The summed E-state index contributed by atoms with van der Waals surface area (Å²) in [5.41, 5.74) is 1.02. The van der Waals surface area contributed by atoms with Gasteiger partial charge in [-0.05, 0) is 12.1 Å². The summed E-state index contributed by atoms with van der Waals surface area (Å²) in [5, 5.41) is 0. The summed E-state index contributed by atoms with van der Waals surface area (Å²) in [6.45, 7) is 0.724. The Balaban J connectivity index is 2.09. The fourth-order valence-electron chi connectivity index (χ4n) is 1.10. The number of nitrogens with zero attached hydrogens (tertiary/aromatic N) is 3. The van der Waals surface area contributed by atoms with Gasteiger partial charge in [-0.25, -0.2) is 4.99 Å². The smallest absolute Gasteiger partial charge is 0.129 e. The van der Waals surface area contributed by atoms with E-state index in [4.69, 9.17) is 0 Å². The standard InChI is InChI=1S/C9H9N3/c1-2-4-10-8(3-1)7-9-11-5-6-12-9/h1-5H,6-7H2. The number of rotatable bonds is 2. The molecule has 0 spiro atoms. The first-order valence-corrected chi connectivity index (χ1v) is 3.91. The summed E-state index contributed by atoms with van der Waals surface area (Å²) in [6.07, 6.45) is 4.35. The van der Waals surface area contributed by atoms with Gasteiger partial charge in [-0.2, -0.15) is 0 Å². The van der Waals surface area contributed by atoms with Crippen LogP contribution in [0.15, 0.2) is 34.4 Å². The molecule has 0 saturated heterocycles. The largest absolute Gasteiger partial charge is 0.264 e. The van der Waals surface area contributed by atoms with Gasteiger partial charge in [-0.15, -0.1) is 0 Å². The van der Waals surface area contributed by atoms with Gasteiger partial charge >= 0.3 is 0 Å². The van der Waals surface area contributed by atoms with Crippen molar-refractivity contribution in [2.45, 2.75) is 6.42 Å². The van der Waals surface area contributed by atoms with Gasteiger partial charge in [0.15, 0.2) is 0 Å². The van der Waals surface area contributed by atoms with Crippen molar-refractivity contribution in [3.05, 3.63) is 30.1 Å². The molecule has 0 radical (unpaired) electrons. The molecule has 0 atom stereocenters. The molecular formula is C9H9N3. The van der Waals surface area contributed by atoms with E-state index in [0.29, 0.717) is 0 Å². The maximum absolute atomic E-state index is 4.19. The molecule has 0 fully saturated rings. The molecule has 0 N–H and O–H groups in total. The zero-order valence-electron chi connectivity index (χ0n) is 6.64. The fourth-order valence-corrected chi connectivity index (χ4v) is 1.10. The van der Waals surface area contributed by atoms with Gasteiger partial charge in [0.05, 0.1) is 6.54 Å². The molecule has 0 amide bonds. The lowest BCUT2D eigenvalue weighted by atomic mass is 10.2. The molecule has 60 valence electrons. The molecule has 1 aliphatic heterocycles. The van der Waals surface area contributed by atoms with Crippen LogP contribution in [0.4, 0.5) is 0 Å². The van der Waals surface area contributed by atoms with Crippen LogP contribution in [-0.4, -0.2) is 23.6 Å². The topological polar surface area (TPSA) is 37.6 Å². The van der Waals surface area contributed by atoms with E-state index in [9.17, 15) is 0 Å². The van der Waals surface area contributed by atoms with Gasteiger partial charge in [-0.3, -0.25) is 9.98 Å². The predicted octanol–water partition coefficient (Wildman–Crippen LogP) is 1.11. The minimum Gasteiger partial charge on any atom is -0.264 e. The molecule has 3 heteroatoms. The molecule has 0 aliphatic carbocycles. The highest BCUT2D eigenvalue weighted by molar-refractivity contribution is 5.95. The first-order valence-electron chi connectivity index (χ1n) is 3.91. The second-order valence-corrected chi connectivity index (χ2v) is 2.57. The number of aromatic nitrogens is 1. The van der Waals surface area contributed by atoms with Gasteiger partial charge in [0.25, 0.3) is 0 Å². The molecule has 0 unspecified atom stereocenters. The number of amidine groups is 1. The van der Waals surface area contributed by atoms with Crippen LogP contribution in [0, 0.1) is 0 Å². The monoisotopic (exact) mass is 159 g/mol. The van der Waals surface area contributed by atoms with Gasteiger partial charge in [0.2, 0.25) is 0 Å². The molecule has 1 aromatic heterocycles. The van der Waals surface area contributed by atoms with Gasteiger partial charge in [0, 0.05) is 24.5 Å². The molecule has 0 bridgehead atoms. The van der Waals surface area contributed by atoms with E-state index in [1.54, 1.807) is 6.20 Å². The van der Waals surface area contributed by atoms with E-state index in [2.05, 4.69) is 15.0 Å². The van der Waals surface area contributed by atoms with E-state index in [0.717, 1.165) is 24.5 Å². The van der Waals surface area contributed by atoms with Crippen molar-refractivity contribution in [2.75, 3.05) is 6.54 Å². The van der Waals surface area contributed by atoms with Crippen LogP contribution in [0.3, 0.4) is 0 Å². The summed E-state index contributed by atoms with van der Waals surface area (Å²) in [5.74, 6) is 0.883. The summed E-state index contributed by atoms with van der Waals surface area (Å²) < 4.78 is 0. The van der Waals surface area contributed by atoms with Crippen molar-refractivity contribution >= 4 is 12.1 Å². The van der Waals surface area contributed by atoms with Gasteiger partial charge in [-0.1, -0.05) is 6.07 Å². The van der Waals surface area contributed by atoms with Crippen LogP contribution >= 0.6 is 0 Å². The predicted molar refractivity (Wildman–Crippen MR) is 48.7 cm³/mol. The van der Waals surface area contributed by atoms with Crippen LogP contribution in [0.1, 0.15) is 5.69 Å². The highest BCUT2D eigenvalue weighted by Gasteiger charge is 2.02. The van der Waals surface area contributed by atoms with Crippen molar-refractivity contribution in [1.82, 2.24) is 4.98 Å². The van der Waals surface area contributed by atoms with E-state index in [-0.39, 0.29) is 0 Å². The van der Waals surface area contributed by atoms with Crippen molar-refractivity contribution in [2.24, 2.45) is 9.98 Å². The second kappa shape index (κ2) is 3.26. The minimum absolute atomic E-state index is 0.724. The Morgan fingerprint density at radius 1 is 1.33 bits per heavy atom. The number of pyridine rings is 1. The third-order valence-electron chi connectivity index (χ3n) is 1.66. The van der Waals surface area contributed by atoms with Crippen LogP contribution in [0.2, 0.25) is 0 Å². The maximum Gasteiger partial charge on any atom is 0.129 e. The Kier molecular flexibility index (Phi) is 1.94. The summed E-state index contributed by atoms with van der Waals surface area (Å²) in [7, 11) is 0. The Labute approximate surface area is 70.9 Å². The SMILES string of the molecule is C1=NC(Cc2ccccn2)=NC1. The van der Waals surface area contributed by atoms with Crippen LogP contribution in [-0.2, 0) is 6.42 Å². The fraction of sp³-hybridized carbons (Fsp3) is 0.222. The van der Waals surface area contributed by atoms with Crippen molar-refractivity contribution < 1.29 is 0 Å². The molecular weight excluding hydrogens is 150 g/mol. The number of aliphatic imine (C=N–C) groups is 2. The molecule has 0 saturated carbocycles. The first-order chi connectivity index (χ1) is 5.95. The summed E-state index contributed by atoms with van der Waals surface area (Å²) in [4.78, 5) is 12.5. The lowest BCUT2D eigenvalue weighted by molar-refractivity contribution is 1.12. The van der Waals surface area contributed by atoms with Crippen molar-refractivity contribution in [1.29, 1.82) is 0 Å². The van der Waals surface area contributed by atoms with Gasteiger partial charge < -0.3 is 0 Å². The highest BCUT2D eigenvalue weighted by Crippen LogP contribution is 2.00. The van der Waals surface area contributed by atoms with Crippen molar-refractivity contribution in [3.8, 4) is 0 Å². The molecule has 0 aromatic carbocycles.